The molecule has 0 saturated carbocycles. The Kier molecular flexibility index (Phi) is 8.86. The largest absolute Gasteiger partial charge is 0.459 e. The first-order valence-electron chi connectivity index (χ1n) is 8.57. The lowest BCUT2D eigenvalue weighted by atomic mass is 10.2. The monoisotopic (exact) mass is 375 g/mol. The van der Waals surface area contributed by atoms with Gasteiger partial charge in [-0.05, 0) is 33.3 Å². The van der Waals surface area contributed by atoms with Crippen LogP contribution in [0.15, 0.2) is 30.3 Å². The summed E-state index contributed by atoms with van der Waals surface area (Å²) >= 11 is 0. The molecule has 0 heterocycles. The van der Waals surface area contributed by atoms with E-state index in [1.165, 1.54) is 0 Å². The topological polar surface area (TPSA) is 90.9 Å². The normalized spacial score (nSPS) is 11.4. The number of carbonyl (C=O) groups excluding carboxylic acids is 3. The summed E-state index contributed by atoms with van der Waals surface area (Å²) in [5.41, 5.74) is 0.0820. The van der Waals surface area contributed by atoms with Gasteiger partial charge in [0.1, 0.15) is 18.2 Å². The first kappa shape index (κ1) is 22.0. The first-order chi connectivity index (χ1) is 12.7. The Bertz CT molecular complexity index is 697. The molecule has 0 bridgehead atoms. The lowest BCUT2D eigenvalue weighted by Gasteiger charge is -2.22. The van der Waals surface area contributed by atoms with E-state index in [0.717, 1.165) is 5.56 Å². The Morgan fingerprint density at radius 3 is 2.37 bits per heavy atom. The molecule has 0 saturated heterocycles. The van der Waals surface area contributed by atoms with Crippen molar-refractivity contribution in [1.29, 1.82) is 0 Å². The second-order valence-electron chi connectivity index (χ2n) is 6.52. The SMILES string of the molecule is CCOC(=O)C#CC[C@H](NC(=O)OC(C)(C)C)C(=O)OCc1ccccc1. The standard InChI is InChI=1S/C20H25NO6/c1-5-25-17(22)13-9-12-16(21-19(24)27-20(2,3)4)18(23)26-14-15-10-7-6-8-11-15/h6-8,10-11,16H,5,12,14H2,1-4H3,(H,21,24)/t16-/m0/s1. The fraction of sp³-hybridized carbons (Fsp3) is 0.450. The van der Waals surface area contributed by atoms with E-state index in [1.54, 1.807) is 27.7 Å². The van der Waals surface area contributed by atoms with Crippen LogP contribution in [0, 0.1) is 11.8 Å². The van der Waals surface area contributed by atoms with Gasteiger partial charge in [0.05, 0.1) is 6.61 Å². The van der Waals surface area contributed by atoms with Gasteiger partial charge in [-0.25, -0.2) is 14.4 Å². The molecule has 7 heteroatoms. The van der Waals surface area contributed by atoms with Gasteiger partial charge in [-0.2, -0.15) is 0 Å². The number of carbonyl (C=O) groups is 3. The second-order valence-corrected chi connectivity index (χ2v) is 6.52. The molecule has 1 atom stereocenters. The average molecular weight is 375 g/mol. The molecule has 1 amide bonds. The smallest absolute Gasteiger partial charge is 0.408 e. The summed E-state index contributed by atoms with van der Waals surface area (Å²) in [5, 5.41) is 2.43. The molecule has 0 spiro atoms. The summed E-state index contributed by atoms with van der Waals surface area (Å²) < 4.78 is 15.1. The molecule has 146 valence electrons. The Balaban J connectivity index is 2.74. The fourth-order valence-corrected chi connectivity index (χ4v) is 1.86. The molecule has 0 aromatic heterocycles. The number of benzene rings is 1. The lowest BCUT2D eigenvalue weighted by molar-refractivity contribution is -0.147. The highest BCUT2D eigenvalue weighted by Crippen LogP contribution is 2.08. The number of rotatable bonds is 6. The third-order valence-corrected chi connectivity index (χ3v) is 2.97. The van der Waals surface area contributed by atoms with Crippen LogP contribution in [0.25, 0.3) is 0 Å². The average Bonchev–Trinajstić information content (AvgIpc) is 2.58. The van der Waals surface area contributed by atoms with Crippen molar-refractivity contribution in [3.05, 3.63) is 35.9 Å². The molecule has 1 rings (SSSR count). The van der Waals surface area contributed by atoms with Crippen LogP contribution in [0.3, 0.4) is 0 Å². The second kappa shape index (κ2) is 10.9. The van der Waals surface area contributed by atoms with E-state index < -0.39 is 29.7 Å². The molecule has 1 aromatic carbocycles. The van der Waals surface area contributed by atoms with Gasteiger partial charge in [-0.3, -0.25) is 0 Å². The molecule has 0 unspecified atom stereocenters. The summed E-state index contributed by atoms with van der Waals surface area (Å²) in [6.07, 6.45) is -0.895. The van der Waals surface area contributed by atoms with E-state index >= 15 is 0 Å². The lowest BCUT2D eigenvalue weighted by Crippen LogP contribution is -2.44. The van der Waals surface area contributed by atoms with Gasteiger partial charge in [0, 0.05) is 12.3 Å². The van der Waals surface area contributed by atoms with Crippen LogP contribution in [-0.4, -0.2) is 36.3 Å². The quantitative estimate of drug-likeness (QED) is 0.356. The zero-order valence-electron chi connectivity index (χ0n) is 16.0. The highest BCUT2D eigenvalue weighted by Gasteiger charge is 2.25. The van der Waals surface area contributed by atoms with Crippen molar-refractivity contribution in [2.75, 3.05) is 6.61 Å². The number of alkyl carbamates (subject to hydrolysis) is 1. The molecule has 7 nitrogen and oxygen atoms in total. The molecule has 0 aliphatic heterocycles. The maximum Gasteiger partial charge on any atom is 0.408 e. The van der Waals surface area contributed by atoms with Crippen LogP contribution in [-0.2, 0) is 30.4 Å². The van der Waals surface area contributed by atoms with Crippen molar-refractivity contribution in [1.82, 2.24) is 5.32 Å². The maximum atomic E-state index is 12.3. The molecule has 0 aliphatic rings. The minimum absolute atomic E-state index is 0.0531. The van der Waals surface area contributed by atoms with Gasteiger partial charge < -0.3 is 19.5 Å². The van der Waals surface area contributed by atoms with E-state index in [9.17, 15) is 14.4 Å². The summed E-state index contributed by atoms with van der Waals surface area (Å²) in [6, 6.07) is 8.04. The number of hydrogen-bond donors (Lipinski definition) is 1. The number of nitrogens with one attached hydrogen (secondary N) is 1. The fourth-order valence-electron chi connectivity index (χ4n) is 1.86. The molecule has 27 heavy (non-hydrogen) atoms. The predicted molar refractivity (Wildman–Crippen MR) is 98.4 cm³/mol. The van der Waals surface area contributed by atoms with E-state index in [1.807, 2.05) is 30.3 Å². The van der Waals surface area contributed by atoms with Crippen molar-refractivity contribution >= 4 is 18.0 Å². The first-order valence-corrected chi connectivity index (χ1v) is 8.57. The summed E-state index contributed by atoms with van der Waals surface area (Å²) in [5.74, 6) is 3.39. The molecular formula is C20H25NO6. The summed E-state index contributed by atoms with van der Waals surface area (Å²) in [7, 11) is 0. The summed E-state index contributed by atoms with van der Waals surface area (Å²) in [6.45, 7) is 7.03. The molecule has 0 aliphatic carbocycles. The zero-order chi connectivity index (χ0) is 20.3. The zero-order valence-corrected chi connectivity index (χ0v) is 16.0. The van der Waals surface area contributed by atoms with Crippen molar-refractivity contribution in [2.45, 2.75) is 52.4 Å². The number of amides is 1. The van der Waals surface area contributed by atoms with Gasteiger partial charge in [-0.15, -0.1) is 0 Å². The van der Waals surface area contributed by atoms with Crippen LogP contribution in [0.5, 0.6) is 0 Å². The highest BCUT2D eigenvalue weighted by atomic mass is 16.6. The predicted octanol–water partition coefficient (Wildman–Crippen LogP) is 2.58. The molecule has 1 N–H and O–H groups in total. The summed E-state index contributed by atoms with van der Waals surface area (Å²) in [4.78, 5) is 35.6. The van der Waals surface area contributed by atoms with Crippen LogP contribution < -0.4 is 5.32 Å². The van der Waals surface area contributed by atoms with Gasteiger partial charge in [0.2, 0.25) is 0 Å². The van der Waals surface area contributed by atoms with Crippen LogP contribution in [0.1, 0.15) is 39.7 Å². The van der Waals surface area contributed by atoms with E-state index in [-0.39, 0.29) is 19.6 Å². The number of esters is 2. The minimum Gasteiger partial charge on any atom is -0.459 e. The van der Waals surface area contributed by atoms with Crippen molar-refractivity contribution in [2.24, 2.45) is 0 Å². The van der Waals surface area contributed by atoms with Crippen molar-refractivity contribution in [3.8, 4) is 11.8 Å². The van der Waals surface area contributed by atoms with Crippen LogP contribution in [0.4, 0.5) is 4.79 Å². The van der Waals surface area contributed by atoms with Gasteiger partial charge in [-0.1, -0.05) is 36.3 Å². The molecular weight excluding hydrogens is 350 g/mol. The Hall–Kier alpha value is -3.01. The van der Waals surface area contributed by atoms with E-state index in [4.69, 9.17) is 14.2 Å². The van der Waals surface area contributed by atoms with Gasteiger partial charge >= 0.3 is 18.0 Å². The van der Waals surface area contributed by atoms with Crippen LogP contribution >= 0.6 is 0 Å². The highest BCUT2D eigenvalue weighted by molar-refractivity contribution is 5.88. The molecule has 0 fully saturated rings. The third kappa shape index (κ3) is 9.90. The number of hydrogen-bond acceptors (Lipinski definition) is 6. The van der Waals surface area contributed by atoms with Crippen molar-refractivity contribution in [3.63, 3.8) is 0 Å². The third-order valence-electron chi connectivity index (χ3n) is 2.97. The van der Waals surface area contributed by atoms with Crippen molar-refractivity contribution < 1.29 is 28.6 Å². The van der Waals surface area contributed by atoms with E-state index in [2.05, 4.69) is 17.2 Å². The Morgan fingerprint density at radius 1 is 1.11 bits per heavy atom. The molecule has 1 aromatic rings. The van der Waals surface area contributed by atoms with Crippen LogP contribution in [0.2, 0.25) is 0 Å². The Morgan fingerprint density at radius 2 is 1.78 bits per heavy atom. The van der Waals surface area contributed by atoms with Gasteiger partial charge in [0.15, 0.2) is 0 Å². The number of ether oxygens (including phenoxy) is 3. The van der Waals surface area contributed by atoms with E-state index in [0.29, 0.717) is 0 Å². The van der Waals surface area contributed by atoms with Gasteiger partial charge in [0.25, 0.3) is 0 Å². The minimum atomic E-state index is -1.08. The maximum absolute atomic E-state index is 12.3. The molecule has 0 radical (unpaired) electrons. The Labute approximate surface area is 159 Å².